The molecule has 0 fully saturated rings. The summed E-state index contributed by atoms with van der Waals surface area (Å²) in [7, 11) is 1.53. The third-order valence-corrected chi connectivity index (χ3v) is 5.83. The molecule has 0 aliphatic carbocycles. The minimum absolute atomic E-state index is 0.0989. The number of aromatic hydroxyl groups is 1. The Labute approximate surface area is 165 Å². The molecule has 142 valence electrons. The van der Waals surface area contributed by atoms with Crippen LogP contribution in [-0.4, -0.2) is 27.2 Å². The first kappa shape index (κ1) is 19.2. The summed E-state index contributed by atoms with van der Waals surface area (Å²) in [5.41, 5.74) is 13.3. The minimum Gasteiger partial charge on any atom is -0.504 e. The van der Waals surface area contributed by atoms with E-state index >= 15 is 0 Å². The Kier molecular flexibility index (Phi) is 6.02. The molecule has 0 spiro atoms. The lowest BCUT2D eigenvalue weighted by molar-refractivity contribution is 0.373. The Morgan fingerprint density at radius 1 is 1.15 bits per heavy atom. The maximum atomic E-state index is 10.0. The zero-order valence-electron chi connectivity index (χ0n) is 15.1. The third-order valence-electron chi connectivity index (χ3n) is 3.76. The second-order valence-corrected chi connectivity index (χ2v) is 7.84. The molecule has 0 saturated heterocycles. The number of aromatic nitrogens is 3. The summed E-state index contributed by atoms with van der Waals surface area (Å²) >= 11 is 3.09. The fraction of sp³-hybridized carbons (Fsp3) is 0.278. The first-order chi connectivity index (χ1) is 13.0. The van der Waals surface area contributed by atoms with E-state index in [1.54, 1.807) is 23.5 Å². The average molecular weight is 404 g/mol. The molecule has 2 heterocycles. The van der Waals surface area contributed by atoms with Crippen LogP contribution in [0.15, 0.2) is 29.4 Å². The van der Waals surface area contributed by atoms with Gasteiger partial charge in [0.05, 0.1) is 12.8 Å². The monoisotopic (exact) mass is 403 g/mol. The van der Waals surface area contributed by atoms with Crippen molar-refractivity contribution in [2.45, 2.75) is 30.7 Å². The van der Waals surface area contributed by atoms with Crippen LogP contribution in [0, 0.1) is 0 Å². The van der Waals surface area contributed by atoms with Crippen LogP contribution in [0.3, 0.4) is 0 Å². The molecule has 0 bridgehead atoms. The number of hydrogen-bond acceptors (Lipinski definition) is 9. The number of phenolic OH excluding ortho intramolecular Hbond substituents is 1. The number of phenols is 1. The zero-order valence-corrected chi connectivity index (χ0v) is 16.7. The number of nitrogens with two attached hydrogens (primary N) is 2. The Morgan fingerprint density at radius 2 is 1.89 bits per heavy atom. The normalized spacial score (nSPS) is 10.9. The Bertz CT molecular complexity index is 925. The molecule has 9 heteroatoms. The van der Waals surface area contributed by atoms with Crippen molar-refractivity contribution in [1.82, 2.24) is 15.0 Å². The van der Waals surface area contributed by atoms with Crippen LogP contribution < -0.4 is 16.2 Å². The van der Waals surface area contributed by atoms with Gasteiger partial charge in [0.25, 0.3) is 0 Å². The van der Waals surface area contributed by atoms with E-state index in [0.717, 1.165) is 29.1 Å². The van der Waals surface area contributed by atoms with Crippen molar-refractivity contribution in [2.75, 3.05) is 18.6 Å². The fourth-order valence-electron chi connectivity index (χ4n) is 2.52. The van der Waals surface area contributed by atoms with Gasteiger partial charge >= 0.3 is 0 Å². The summed E-state index contributed by atoms with van der Waals surface area (Å²) in [6.45, 7) is 2.14. The quantitative estimate of drug-likeness (QED) is 0.403. The van der Waals surface area contributed by atoms with E-state index in [1.165, 1.54) is 29.8 Å². The Balaban J connectivity index is 1.85. The molecule has 27 heavy (non-hydrogen) atoms. The Hall–Kier alpha value is -2.52. The molecule has 0 radical (unpaired) electrons. The number of ether oxygens (including phenoxy) is 1. The molecule has 1 aromatic carbocycles. The second-order valence-electron chi connectivity index (χ2n) is 5.81. The molecule has 5 N–H and O–H groups in total. The lowest BCUT2D eigenvalue weighted by atomic mass is 10.2. The van der Waals surface area contributed by atoms with Crippen LogP contribution in [0.1, 0.15) is 23.9 Å². The highest BCUT2D eigenvalue weighted by atomic mass is 32.2. The standard InChI is InChI=1S/C18H21N5O2S2/c1-3-4-14-11(9-26-18-22-15(19)8-16(20)23-18)21-17(27-14)10-5-6-13(25-2)12(24)7-10/h5-8,24H,3-4,9H2,1-2H3,(H4,19,20,22,23). The maximum Gasteiger partial charge on any atom is 0.191 e. The van der Waals surface area contributed by atoms with Gasteiger partial charge in [0.2, 0.25) is 0 Å². The van der Waals surface area contributed by atoms with Gasteiger partial charge in [-0.3, -0.25) is 0 Å². The number of hydrogen-bond donors (Lipinski definition) is 3. The highest BCUT2D eigenvalue weighted by Gasteiger charge is 2.15. The largest absolute Gasteiger partial charge is 0.504 e. The van der Waals surface area contributed by atoms with Crippen molar-refractivity contribution < 1.29 is 9.84 Å². The van der Waals surface area contributed by atoms with Crippen molar-refractivity contribution in [2.24, 2.45) is 0 Å². The van der Waals surface area contributed by atoms with E-state index in [9.17, 15) is 5.11 Å². The van der Waals surface area contributed by atoms with E-state index in [-0.39, 0.29) is 5.75 Å². The minimum atomic E-state index is 0.0989. The SMILES string of the molecule is CCCc1sc(-c2ccc(OC)c(O)c2)nc1CSc1nc(N)cc(N)n1. The average Bonchev–Trinajstić information content (AvgIpc) is 3.02. The fourth-order valence-corrected chi connectivity index (χ4v) is 4.64. The van der Waals surface area contributed by atoms with Crippen LogP contribution in [0.5, 0.6) is 11.5 Å². The number of anilines is 2. The number of rotatable bonds is 7. The predicted molar refractivity (Wildman–Crippen MR) is 110 cm³/mol. The molecule has 0 amide bonds. The number of thioether (sulfide) groups is 1. The first-order valence-electron chi connectivity index (χ1n) is 8.39. The Morgan fingerprint density at radius 3 is 2.52 bits per heavy atom. The molecule has 3 rings (SSSR count). The topological polar surface area (TPSA) is 120 Å². The first-order valence-corrected chi connectivity index (χ1v) is 10.2. The van der Waals surface area contributed by atoms with Gasteiger partial charge < -0.3 is 21.3 Å². The number of thiazole rings is 1. The van der Waals surface area contributed by atoms with E-state index < -0.39 is 0 Å². The van der Waals surface area contributed by atoms with Crippen molar-refractivity contribution in [3.63, 3.8) is 0 Å². The summed E-state index contributed by atoms with van der Waals surface area (Å²) in [6, 6.07) is 6.84. The van der Waals surface area contributed by atoms with Crippen molar-refractivity contribution in [3.8, 4) is 22.1 Å². The van der Waals surface area contributed by atoms with Gasteiger partial charge in [0, 0.05) is 22.3 Å². The lowest BCUT2D eigenvalue weighted by Gasteiger charge is -2.04. The molecule has 7 nitrogen and oxygen atoms in total. The van der Waals surface area contributed by atoms with Crippen LogP contribution in [0.4, 0.5) is 11.6 Å². The molecule has 0 unspecified atom stereocenters. The van der Waals surface area contributed by atoms with Gasteiger partial charge in [-0.15, -0.1) is 11.3 Å². The molecule has 2 aromatic heterocycles. The van der Waals surface area contributed by atoms with Crippen LogP contribution in [0.2, 0.25) is 0 Å². The smallest absolute Gasteiger partial charge is 0.191 e. The highest BCUT2D eigenvalue weighted by Crippen LogP contribution is 2.36. The summed E-state index contributed by atoms with van der Waals surface area (Å²) in [4.78, 5) is 14.4. The summed E-state index contributed by atoms with van der Waals surface area (Å²) < 4.78 is 5.11. The number of benzene rings is 1. The molecular formula is C18H21N5O2S2. The van der Waals surface area contributed by atoms with Gasteiger partial charge in [-0.1, -0.05) is 25.1 Å². The van der Waals surface area contributed by atoms with Crippen LogP contribution in [-0.2, 0) is 12.2 Å². The molecule has 0 aliphatic rings. The maximum absolute atomic E-state index is 10.0. The second kappa shape index (κ2) is 8.45. The van der Waals surface area contributed by atoms with E-state index in [2.05, 4.69) is 16.9 Å². The predicted octanol–water partition coefficient (Wildman–Crippen LogP) is 3.72. The summed E-state index contributed by atoms with van der Waals surface area (Å²) in [6.07, 6.45) is 1.96. The number of aryl methyl sites for hydroxylation is 1. The van der Waals surface area contributed by atoms with Crippen LogP contribution >= 0.6 is 23.1 Å². The highest BCUT2D eigenvalue weighted by molar-refractivity contribution is 7.98. The van der Waals surface area contributed by atoms with Gasteiger partial charge in [0.15, 0.2) is 16.7 Å². The van der Waals surface area contributed by atoms with E-state index in [1.807, 2.05) is 6.07 Å². The lowest BCUT2D eigenvalue weighted by Crippen LogP contribution is -1.99. The van der Waals surface area contributed by atoms with Gasteiger partial charge in [-0.05, 0) is 24.6 Å². The van der Waals surface area contributed by atoms with Crippen LogP contribution in [0.25, 0.3) is 10.6 Å². The molecule has 0 saturated carbocycles. The van der Waals surface area contributed by atoms with Crippen molar-refractivity contribution >= 4 is 34.7 Å². The number of nitrogens with zero attached hydrogens (tertiary/aromatic N) is 3. The molecular weight excluding hydrogens is 382 g/mol. The van der Waals surface area contributed by atoms with Crippen molar-refractivity contribution in [3.05, 3.63) is 34.8 Å². The van der Waals surface area contributed by atoms with Gasteiger partial charge in [0.1, 0.15) is 16.6 Å². The zero-order chi connectivity index (χ0) is 19.4. The van der Waals surface area contributed by atoms with Crippen molar-refractivity contribution in [1.29, 1.82) is 0 Å². The summed E-state index contributed by atoms with van der Waals surface area (Å²) in [5.74, 6) is 1.87. The third kappa shape index (κ3) is 4.61. The van der Waals surface area contributed by atoms with E-state index in [0.29, 0.717) is 28.3 Å². The molecule has 0 aliphatic heterocycles. The van der Waals surface area contributed by atoms with Gasteiger partial charge in [-0.2, -0.15) is 0 Å². The van der Waals surface area contributed by atoms with Gasteiger partial charge in [-0.25, -0.2) is 15.0 Å². The summed E-state index contributed by atoms with van der Waals surface area (Å²) in [5, 5.41) is 11.4. The van der Waals surface area contributed by atoms with E-state index in [4.69, 9.17) is 21.2 Å². The molecule has 3 aromatic rings. The number of nitrogen functional groups attached to an aromatic ring is 2. The number of methoxy groups -OCH3 is 1. The molecule has 0 atom stereocenters.